The molecule has 23 heavy (non-hydrogen) atoms. The van der Waals surface area contributed by atoms with Crippen molar-refractivity contribution in [3.8, 4) is 0 Å². The van der Waals surface area contributed by atoms with Crippen molar-refractivity contribution in [3.05, 3.63) is 71.3 Å². The Bertz CT molecular complexity index is 664. The molecule has 0 aliphatic heterocycles. The van der Waals surface area contributed by atoms with E-state index in [1.807, 2.05) is 42.5 Å². The minimum absolute atomic E-state index is 0.0454. The summed E-state index contributed by atoms with van der Waals surface area (Å²) in [5.74, 6) is -0.581. The van der Waals surface area contributed by atoms with E-state index in [0.717, 1.165) is 11.1 Å². The molecular formula is C20H22O3. The fraction of sp³-hybridized carbons (Fsp3) is 0.300. The van der Waals surface area contributed by atoms with Crippen molar-refractivity contribution < 1.29 is 14.3 Å². The summed E-state index contributed by atoms with van der Waals surface area (Å²) >= 11 is 0. The van der Waals surface area contributed by atoms with E-state index in [1.54, 1.807) is 12.1 Å². The van der Waals surface area contributed by atoms with Crippen molar-refractivity contribution in [3.63, 3.8) is 0 Å². The van der Waals surface area contributed by atoms with Crippen molar-refractivity contribution in [1.82, 2.24) is 0 Å². The fourth-order valence-electron chi connectivity index (χ4n) is 2.20. The summed E-state index contributed by atoms with van der Waals surface area (Å²) in [7, 11) is 0. The second-order valence-corrected chi connectivity index (χ2v) is 6.57. The zero-order chi connectivity index (χ0) is 16.9. The smallest absolute Gasteiger partial charge is 0.310 e. The average Bonchev–Trinajstić information content (AvgIpc) is 2.53. The number of Topliss-reactive ketones (excluding diaryl/α,β-unsaturated/α-hetero) is 1. The first kappa shape index (κ1) is 16.9. The molecular weight excluding hydrogens is 288 g/mol. The van der Waals surface area contributed by atoms with Gasteiger partial charge in [0.05, 0.1) is 6.42 Å². The van der Waals surface area contributed by atoms with Crippen molar-refractivity contribution in [2.45, 2.75) is 32.6 Å². The number of ketones is 1. The largest absolute Gasteiger partial charge is 0.457 e. The van der Waals surface area contributed by atoms with Crippen LogP contribution >= 0.6 is 0 Å². The molecule has 0 saturated carbocycles. The van der Waals surface area contributed by atoms with E-state index >= 15 is 0 Å². The summed E-state index contributed by atoms with van der Waals surface area (Å²) in [5, 5.41) is 0. The van der Waals surface area contributed by atoms with E-state index in [9.17, 15) is 9.59 Å². The molecule has 0 aliphatic rings. The number of esters is 1. The minimum Gasteiger partial charge on any atom is -0.457 e. The van der Waals surface area contributed by atoms with Gasteiger partial charge in [-0.25, -0.2) is 0 Å². The number of rotatable bonds is 5. The van der Waals surface area contributed by atoms with Crippen LogP contribution in [0.2, 0.25) is 0 Å². The second kappa shape index (κ2) is 7.23. The Morgan fingerprint density at radius 1 is 0.913 bits per heavy atom. The fourth-order valence-corrected chi connectivity index (χ4v) is 2.20. The number of carbonyl (C=O) groups excluding carboxylic acids is 2. The highest BCUT2D eigenvalue weighted by Crippen LogP contribution is 2.22. The molecule has 0 unspecified atom stereocenters. The van der Waals surface area contributed by atoms with Gasteiger partial charge in [-0.05, 0) is 16.5 Å². The molecule has 0 atom stereocenters. The van der Waals surface area contributed by atoms with Crippen LogP contribution in [0.4, 0.5) is 0 Å². The monoisotopic (exact) mass is 310 g/mol. The lowest BCUT2D eigenvalue weighted by molar-refractivity contribution is -0.141. The summed E-state index contributed by atoms with van der Waals surface area (Å²) in [6.45, 7) is 6.14. The number of ether oxygens (including phenoxy) is 1. The highest BCUT2D eigenvalue weighted by Gasteiger charge is 2.15. The molecule has 2 rings (SSSR count). The maximum absolute atomic E-state index is 12.1. The van der Waals surface area contributed by atoms with Crippen molar-refractivity contribution >= 4 is 11.8 Å². The van der Waals surface area contributed by atoms with Crippen LogP contribution in [-0.4, -0.2) is 18.4 Å². The van der Waals surface area contributed by atoms with Gasteiger partial charge in [0.1, 0.15) is 0 Å². The molecule has 0 amide bonds. The molecule has 0 spiro atoms. The molecule has 2 aromatic rings. The molecule has 3 heteroatoms. The van der Waals surface area contributed by atoms with Crippen LogP contribution in [0.3, 0.4) is 0 Å². The standard InChI is InChI=1S/C20H22O3/c1-20(2,3)17-11-9-16(10-12-17)18(21)14-23-19(22)13-15-7-5-4-6-8-15/h4-12H,13-14H2,1-3H3. The first-order valence-electron chi connectivity index (χ1n) is 7.69. The molecule has 0 aliphatic carbocycles. The molecule has 2 aromatic carbocycles. The normalized spacial score (nSPS) is 11.1. The van der Waals surface area contributed by atoms with Gasteiger partial charge in [-0.2, -0.15) is 0 Å². The van der Waals surface area contributed by atoms with E-state index in [1.165, 1.54) is 0 Å². The summed E-state index contributed by atoms with van der Waals surface area (Å²) in [5.41, 5.74) is 2.64. The Kier molecular flexibility index (Phi) is 5.32. The molecule has 0 aromatic heterocycles. The van der Waals surface area contributed by atoms with E-state index in [2.05, 4.69) is 20.8 Å². The van der Waals surface area contributed by atoms with Gasteiger partial charge in [0, 0.05) is 5.56 Å². The van der Waals surface area contributed by atoms with E-state index in [4.69, 9.17) is 4.74 Å². The number of carbonyl (C=O) groups is 2. The van der Waals surface area contributed by atoms with Crippen LogP contribution in [0.1, 0.15) is 42.3 Å². The second-order valence-electron chi connectivity index (χ2n) is 6.57. The Morgan fingerprint density at radius 3 is 2.09 bits per heavy atom. The summed E-state index contributed by atoms with van der Waals surface area (Å²) in [6.07, 6.45) is 0.178. The topological polar surface area (TPSA) is 43.4 Å². The van der Waals surface area contributed by atoms with Crippen LogP contribution in [0, 0.1) is 0 Å². The number of hydrogen-bond acceptors (Lipinski definition) is 3. The summed E-state index contributed by atoms with van der Waals surface area (Å²) < 4.78 is 5.07. The SMILES string of the molecule is CC(C)(C)c1ccc(C(=O)COC(=O)Cc2ccccc2)cc1. The Balaban J connectivity index is 1.88. The third-order valence-corrected chi connectivity index (χ3v) is 3.63. The van der Waals surface area contributed by atoms with Crippen LogP contribution in [0.25, 0.3) is 0 Å². The molecule has 0 saturated heterocycles. The summed E-state index contributed by atoms with van der Waals surface area (Å²) in [6, 6.07) is 16.8. The summed E-state index contributed by atoms with van der Waals surface area (Å²) in [4.78, 5) is 23.8. The maximum Gasteiger partial charge on any atom is 0.310 e. The van der Waals surface area contributed by atoms with Gasteiger partial charge in [-0.15, -0.1) is 0 Å². The van der Waals surface area contributed by atoms with Gasteiger partial charge >= 0.3 is 5.97 Å². The minimum atomic E-state index is -0.393. The van der Waals surface area contributed by atoms with Crippen molar-refractivity contribution in [2.24, 2.45) is 0 Å². The molecule has 0 N–H and O–H groups in total. The van der Waals surface area contributed by atoms with Gasteiger partial charge in [0.15, 0.2) is 12.4 Å². The quantitative estimate of drug-likeness (QED) is 0.620. The van der Waals surface area contributed by atoms with Gasteiger partial charge in [0.25, 0.3) is 0 Å². The lowest BCUT2D eigenvalue weighted by Crippen LogP contribution is -2.16. The molecule has 0 fully saturated rings. The molecule has 0 radical (unpaired) electrons. The van der Waals surface area contributed by atoms with Crippen molar-refractivity contribution in [1.29, 1.82) is 0 Å². The maximum atomic E-state index is 12.1. The highest BCUT2D eigenvalue weighted by atomic mass is 16.5. The van der Waals surface area contributed by atoms with Gasteiger partial charge in [-0.1, -0.05) is 75.4 Å². The molecule has 3 nitrogen and oxygen atoms in total. The van der Waals surface area contributed by atoms with E-state index in [-0.39, 0.29) is 24.2 Å². The first-order chi connectivity index (χ1) is 10.9. The molecule has 120 valence electrons. The Morgan fingerprint density at radius 2 is 1.52 bits per heavy atom. The third kappa shape index (κ3) is 5.06. The third-order valence-electron chi connectivity index (χ3n) is 3.63. The first-order valence-corrected chi connectivity index (χ1v) is 7.69. The van der Waals surface area contributed by atoms with Crippen LogP contribution in [0.5, 0.6) is 0 Å². The van der Waals surface area contributed by atoms with Gasteiger partial charge < -0.3 is 4.74 Å². The lowest BCUT2D eigenvalue weighted by Gasteiger charge is -2.18. The van der Waals surface area contributed by atoms with Crippen LogP contribution in [0.15, 0.2) is 54.6 Å². The average molecular weight is 310 g/mol. The Hall–Kier alpha value is -2.42. The zero-order valence-electron chi connectivity index (χ0n) is 13.8. The number of hydrogen-bond donors (Lipinski definition) is 0. The van der Waals surface area contributed by atoms with Gasteiger partial charge in [0.2, 0.25) is 0 Å². The molecule has 0 heterocycles. The lowest BCUT2D eigenvalue weighted by atomic mass is 9.86. The van der Waals surface area contributed by atoms with Crippen LogP contribution < -0.4 is 0 Å². The van der Waals surface area contributed by atoms with E-state index < -0.39 is 5.97 Å². The Labute approximate surface area is 137 Å². The van der Waals surface area contributed by atoms with Crippen LogP contribution in [-0.2, 0) is 21.4 Å². The van der Waals surface area contributed by atoms with Crippen molar-refractivity contribution in [2.75, 3.05) is 6.61 Å². The predicted molar refractivity (Wildman–Crippen MR) is 90.6 cm³/mol. The highest BCUT2D eigenvalue weighted by molar-refractivity contribution is 5.98. The zero-order valence-corrected chi connectivity index (χ0v) is 13.8. The number of benzene rings is 2. The molecule has 0 bridgehead atoms. The van der Waals surface area contributed by atoms with Gasteiger partial charge in [-0.3, -0.25) is 9.59 Å². The van der Waals surface area contributed by atoms with E-state index in [0.29, 0.717) is 5.56 Å². The predicted octanol–water partition coefficient (Wildman–Crippen LogP) is 3.95.